The fraction of sp³-hybridized carbons (Fsp3) is 0.600. The summed E-state index contributed by atoms with van der Waals surface area (Å²) >= 11 is 1.16. The highest BCUT2D eigenvalue weighted by atomic mass is 35.5. The Balaban J connectivity index is 0.00000176. The number of nitrogens with one attached hydrogen (secondary N) is 1. The van der Waals surface area contributed by atoms with Gasteiger partial charge in [0.15, 0.2) is 0 Å². The van der Waals surface area contributed by atoms with Crippen LogP contribution in [0.25, 0.3) is 0 Å². The predicted octanol–water partition coefficient (Wildman–Crippen LogP) is 1.90. The van der Waals surface area contributed by atoms with Crippen molar-refractivity contribution >= 4 is 35.6 Å². The molecule has 3 rings (SSSR count). The van der Waals surface area contributed by atoms with Crippen molar-refractivity contribution in [3.05, 3.63) is 21.9 Å². The normalized spacial score (nSPS) is 30.2. The van der Waals surface area contributed by atoms with Gasteiger partial charge in [0.25, 0.3) is 11.8 Å². The minimum atomic E-state index is -0.487. The zero-order valence-corrected chi connectivity index (χ0v) is 13.9. The lowest BCUT2D eigenvalue weighted by Gasteiger charge is -2.45. The van der Waals surface area contributed by atoms with Gasteiger partial charge in [-0.05, 0) is 49.7 Å². The molecule has 122 valence electrons. The predicted molar refractivity (Wildman–Crippen MR) is 89.4 cm³/mol. The fourth-order valence-corrected chi connectivity index (χ4v) is 4.60. The number of primary amides is 1. The van der Waals surface area contributed by atoms with Gasteiger partial charge in [-0.15, -0.1) is 23.7 Å². The molecular formula is C15H22ClN3O2S. The van der Waals surface area contributed by atoms with Crippen LogP contribution in [0, 0.1) is 11.8 Å². The van der Waals surface area contributed by atoms with Crippen LogP contribution in [0.15, 0.2) is 12.1 Å². The summed E-state index contributed by atoms with van der Waals surface area (Å²) < 4.78 is 0. The molecular weight excluding hydrogens is 322 g/mol. The first-order valence-corrected chi connectivity index (χ1v) is 8.32. The molecule has 2 amide bonds. The monoisotopic (exact) mass is 343 g/mol. The van der Waals surface area contributed by atoms with Crippen molar-refractivity contribution < 1.29 is 9.59 Å². The number of nitrogens with two attached hydrogens (primary N) is 2. The van der Waals surface area contributed by atoms with Crippen molar-refractivity contribution in [2.75, 3.05) is 0 Å². The van der Waals surface area contributed by atoms with Crippen LogP contribution in [0.5, 0.6) is 0 Å². The molecule has 2 unspecified atom stereocenters. The van der Waals surface area contributed by atoms with Gasteiger partial charge in [-0.3, -0.25) is 9.59 Å². The van der Waals surface area contributed by atoms with E-state index in [0.29, 0.717) is 21.6 Å². The summed E-state index contributed by atoms with van der Waals surface area (Å²) in [5, 5.41) is 3.17. The SMILES string of the molecule is Cl.NC(=O)c1ccc(C(=O)NC2C3CCCC2CC(N)C3)s1. The Kier molecular flexibility index (Phi) is 5.47. The zero-order chi connectivity index (χ0) is 15.0. The van der Waals surface area contributed by atoms with Gasteiger partial charge < -0.3 is 16.8 Å². The third kappa shape index (κ3) is 3.45. The molecule has 0 radical (unpaired) electrons. The first-order chi connectivity index (χ1) is 10.0. The topological polar surface area (TPSA) is 98.2 Å². The van der Waals surface area contributed by atoms with Crippen molar-refractivity contribution in [1.29, 1.82) is 0 Å². The van der Waals surface area contributed by atoms with Gasteiger partial charge in [-0.2, -0.15) is 0 Å². The highest BCUT2D eigenvalue weighted by Crippen LogP contribution is 2.39. The number of halogens is 1. The number of carbonyl (C=O) groups is 2. The number of rotatable bonds is 3. The average Bonchev–Trinajstić information content (AvgIpc) is 2.89. The number of thiophene rings is 1. The van der Waals surface area contributed by atoms with Crippen molar-refractivity contribution in [3.63, 3.8) is 0 Å². The molecule has 1 heterocycles. The van der Waals surface area contributed by atoms with E-state index in [9.17, 15) is 9.59 Å². The molecule has 2 bridgehead atoms. The average molecular weight is 344 g/mol. The smallest absolute Gasteiger partial charge is 0.261 e. The highest BCUT2D eigenvalue weighted by molar-refractivity contribution is 7.15. The largest absolute Gasteiger partial charge is 0.365 e. The van der Waals surface area contributed by atoms with Gasteiger partial charge in [0, 0.05) is 12.1 Å². The first-order valence-electron chi connectivity index (χ1n) is 7.50. The van der Waals surface area contributed by atoms with E-state index in [0.717, 1.165) is 37.0 Å². The minimum absolute atomic E-state index is 0. The van der Waals surface area contributed by atoms with E-state index >= 15 is 0 Å². The van der Waals surface area contributed by atoms with Crippen LogP contribution in [0.4, 0.5) is 0 Å². The van der Waals surface area contributed by atoms with Crippen LogP contribution in [-0.4, -0.2) is 23.9 Å². The number of carbonyl (C=O) groups excluding carboxylic acids is 2. The van der Waals surface area contributed by atoms with Crippen molar-refractivity contribution in [2.24, 2.45) is 23.3 Å². The molecule has 1 aromatic heterocycles. The molecule has 2 aliphatic rings. The van der Waals surface area contributed by atoms with Gasteiger partial charge in [-0.25, -0.2) is 0 Å². The molecule has 0 spiro atoms. The standard InChI is InChI=1S/C15H21N3O2S.ClH/c16-10-6-8-2-1-3-9(7-10)13(8)18-15(20)12-5-4-11(21-12)14(17)19;/h4-5,8-10,13H,1-3,6-7,16H2,(H2,17,19)(H,18,20);1H. The quantitative estimate of drug-likeness (QED) is 0.781. The summed E-state index contributed by atoms with van der Waals surface area (Å²) in [5.41, 5.74) is 11.3. The van der Waals surface area contributed by atoms with Gasteiger partial charge >= 0.3 is 0 Å². The Labute approximate surface area is 140 Å². The maximum atomic E-state index is 12.4. The van der Waals surface area contributed by atoms with E-state index < -0.39 is 5.91 Å². The maximum Gasteiger partial charge on any atom is 0.261 e. The van der Waals surface area contributed by atoms with Crippen LogP contribution < -0.4 is 16.8 Å². The van der Waals surface area contributed by atoms with Crippen molar-refractivity contribution in [3.8, 4) is 0 Å². The molecule has 2 saturated carbocycles. The van der Waals surface area contributed by atoms with Crippen molar-refractivity contribution in [1.82, 2.24) is 5.32 Å². The lowest BCUT2D eigenvalue weighted by atomic mass is 9.67. The zero-order valence-electron chi connectivity index (χ0n) is 12.3. The summed E-state index contributed by atoms with van der Waals surface area (Å²) in [5.74, 6) is 0.406. The fourth-order valence-electron chi connectivity index (χ4n) is 3.84. The summed E-state index contributed by atoms with van der Waals surface area (Å²) in [6, 6.07) is 3.78. The van der Waals surface area contributed by atoms with Crippen LogP contribution >= 0.6 is 23.7 Å². The Morgan fingerprint density at radius 2 is 1.73 bits per heavy atom. The molecule has 5 nitrogen and oxygen atoms in total. The maximum absolute atomic E-state index is 12.4. The summed E-state index contributed by atoms with van der Waals surface area (Å²) in [7, 11) is 0. The molecule has 5 N–H and O–H groups in total. The lowest BCUT2D eigenvalue weighted by molar-refractivity contribution is 0.0759. The van der Waals surface area contributed by atoms with E-state index in [-0.39, 0.29) is 30.4 Å². The molecule has 0 saturated heterocycles. The Bertz CT molecular complexity index is 549. The van der Waals surface area contributed by atoms with Gasteiger partial charge in [0.05, 0.1) is 9.75 Å². The second-order valence-corrected chi connectivity index (χ2v) is 7.29. The minimum Gasteiger partial charge on any atom is -0.365 e. The van der Waals surface area contributed by atoms with Gasteiger partial charge in [-0.1, -0.05) is 6.42 Å². The summed E-state index contributed by atoms with van der Waals surface area (Å²) in [6.45, 7) is 0. The van der Waals surface area contributed by atoms with Gasteiger partial charge in [0.2, 0.25) is 0 Å². The lowest BCUT2D eigenvalue weighted by Crippen LogP contribution is -2.53. The number of hydrogen-bond acceptors (Lipinski definition) is 4. The molecule has 2 aliphatic carbocycles. The van der Waals surface area contributed by atoms with E-state index in [1.165, 1.54) is 6.42 Å². The Morgan fingerprint density at radius 3 is 2.27 bits per heavy atom. The van der Waals surface area contributed by atoms with E-state index in [4.69, 9.17) is 11.5 Å². The Hall–Kier alpha value is -1.11. The molecule has 0 aliphatic heterocycles. The Morgan fingerprint density at radius 1 is 1.14 bits per heavy atom. The molecule has 1 aromatic rings. The molecule has 7 heteroatoms. The second-order valence-electron chi connectivity index (χ2n) is 6.21. The third-order valence-electron chi connectivity index (χ3n) is 4.75. The van der Waals surface area contributed by atoms with E-state index in [1.54, 1.807) is 12.1 Å². The molecule has 0 aromatic carbocycles. The summed E-state index contributed by atoms with van der Waals surface area (Å²) in [6.07, 6.45) is 5.52. The van der Waals surface area contributed by atoms with E-state index in [2.05, 4.69) is 5.32 Å². The highest BCUT2D eigenvalue weighted by Gasteiger charge is 2.40. The molecule has 22 heavy (non-hydrogen) atoms. The number of amides is 2. The van der Waals surface area contributed by atoms with E-state index in [1.807, 2.05) is 0 Å². The van der Waals surface area contributed by atoms with Crippen LogP contribution in [0.2, 0.25) is 0 Å². The van der Waals surface area contributed by atoms with Crippen LogP contribution in [-0.2, 0) is 0 Å². The second kappa shape index (κ2) is 6.98. The third-order valence-corrected chi connectivity index (χ3v) is 5.85. The number of hydrogen-bond donors (Lipinski definition) is 3. The van der Waals surface area contributed by atoms with Gasteiger partial charge in [0.1, 0.15) is 0 Å². The number of fused-ring (bicyclic) bond motifs is 2. The van der Waals surface area contributed by atoms with Crippen molar-refractivity contribution in [2.45, 2.75) is 44.2 Å². The van der Waals surface area contributed by atoms with Crippen LogP contribution in [0.1, 0.15) is 51.4 Å². The summed E-state index contributed by atoms with van der Waals surface area (Å²) in [4.78, 5) is 24.5. The van der Waals surface area contributed by atoms with Crippen LogP contribution in [0.3, 0.4) is 0 Å². The molecule has 2 atom stereocenters. The first kappa shape index (κ1) is 17.2. The molecule has 2 fully saturated rings.